The van der Waals surface area contributed by atoms with Crippen LogP contribution < -0.4 is 5.73 Å². The van der Waals surface area contributed by atoms with Gasteiger partial charge in [-0.3, -0.25) is 24.2 Å². The molecular formula is C29H37ClN4O7. The molecule has 0 saturated carbocycles. The molecule has 0 aromatic heterocycles. The van der Waals surface area contributed by atoms with Gasteiger partial charge in [-0.1, -0.05) is 18.0 Å². The van der Waals surface area contributed by atoms with Crippen LogP contribution >= 0.6 is 11.6 Å². The van der Waals surface area contributed by atoms with Crippen LogP contribution in [0.3, 0.4) is 0 Å². The number of benzene rings is 1. The van der Waals surface area contributed by atoms with Gasteiger partial charge in [-0.15, -0.1) is 0 Å². The highest BCUT2D eigenvalue weighted by atomic mass is 35.5. The molecule has 41 heavy (non-hydrogen) atoms. The van der Waals surface area contributed by atoms with E-state index in [1.807, 2.05) is 0 Å². The number of ketones is 2. The standard InChI is InChI=1S/C29H37ClN4O7/c1-32(2)23-17-11-14-10-16-20(18(35)12-15(22(16)30)13-34-8-6-5-7-9-34)24(36)19(14)27(41-33(3)4)29(17,40)26(38)21(25(23)37)28(31)39/h12,14,17,23,35,38,40H,5-11,13H2,1-4H3,(H2,31,39)/t14-,17-,23-,29+/m0/s1. The van der Waals surface area contributed by atoms with Gasteiger partial charge < -0.3 is 25.9 Å². The summed E-state index contributed by atoms with van der Waals surface area (Å²) in [5.41, 5.74) is 3.63. The van der Waals surface area contributed by atoms with Gasteiger partial charge in [0.25, 0.3) is 5.91 Å². The lowest BCUT2D eigenvalue weighted by Crippen LogP contribution is -2.63. The lowest BCUT2D eigenvalue weighted by Gasteiger charge is -2.51. The van der Waals surface area contributed by atoms with E-state index < -0.39 is 52.3 Å². The molecule has 5 rings (SSSR count). The summed E-state index contributed by atoms with van der Waals surface area (Å²) in [6.45, 7) is 2.40. The quantitative estimate of drug-likeness (QED) is 0.285. The van der Waals surface area contributed by atoms with Gasteiger partial charge in [0, 0.05) is 37.2 Å². The number of allylic oxidation sites excluding steroid dienone is 1. The Morgan fingerprint density at radius 3 is 2.41 bits per heavy atom. The van der Waals surface area contributed by atoms with E-state index in [0.717, 1.165) is 31.5 Å². The number of carbonyl (C=O) groups is 3. The average molecular weight is 589 g/mol. The second kappa shape index (κ2) is 10.7. The van der Waals surface area contributed by atoms with E-state index in [2.05, 4.69) is 4.90 Å². The van der Waals surface area contributed by atoms with Crippen molar-refractivity contribution < 1.29 is 34.5 Å². The minimum Gasteiger partial charge on any atom is -0.508 e. The van der Waals surface area contributed by atoms with Gasteiger partial charge in [0.2, 0.25) is 0 Å². The number of carbonyl (C=O) groups excluding carboxylic acids is 3. The number of aliphatic hydroxyl groups is 2. The lowest BCUT2D eigenvalue weighted by molar-refractivity contribution is -0.160. The van der Waals surface area contributed by atoms with Crippen molar-refractivity contribution in [1.82, 2.24) is 14.9 Å². The summed E-state index contributed by atoms with van der Waals surface area (Å²) in [6, 6.07) is 0.470. The fraction of sp³-hybridized carbons (Fsp3) is 0.552. The number of aliphatic hydroxyl groups excluding tert-OH is 1. The van der Waals surface area contributed by atoms with Gasteiger partial charge in [0.15, 0.2) is 22.9 Å². The van der Waals surface area contributed by atoms with E-state index in [-0.39, 0.29) is 35.5 Å². The van der Waals surface area contributed by atoms with Crippen LogP contribution in [-0.4, -0.2) is 101 Å². The number of hydrogen-bond acceptors (Lipinski definition) is 10. The molecule has 1 heterocycles. The lowest BCUT2D eigenvalue weighted by atomic mass is 9.59. The number of rotatable bonds is 6. The smallest absolute Gasteiger partial charge is 0.255 e. The molecule has 0 unspecified atom stereocenters. The maximum atomic E-state index is 14.2. The molecule has 1 aliphatic heterocycles. The molecule has 4 atom stereocenters. The van der Waals surface area contributed by atoms with Crippen LogP contribution in [0.4, 0.5) is 0 Å². The Labute approximate surface area is 243 Å². The Morgan fingerprint density at radius 1 is 1.17 bits per heavy atom. The summed E-state index contributed by atoms with van der Waals surface area (Å²) in [7, 11) is 6.31. The van der Waals surface area contributed by atoms with Crippen molar-refractivity contribution in [3.63, 3.8) is 0 Å². The number of nitrogens with two attached hydrogens (primary N) is 1. The van der Waals surface area contributed by atoms with Crippen molar-refractivity contribution in [1.29, 1.82) is 0 Å². The van der Waals surface area contributed by atoms with Crippen molar-refractivity contribution in [2.45, 2.75) is 50.3 Å². The van der Waals surface area contributed by atoms with Gasteiger partial charge in [-0.05, 0) is 76.0 Å². The molecular weight excluding hydrogens is 552 g/mol. The number of likely N-dealkylation sites (N-methyl/N-ethyl adjacent to an activating group) is 1. The Bertz CT molecular complexity index is 1380. The fourth-order valence-electron chi connectivity index (χ4n) is 7.10. The number of piperidine rings is 1. The number of hydroxylamine groups is 2. The summed E-state index contributed by atoms with van der Waals surface area (Å²) < 4.78 is 0. The molecule has 3 aliphatic carbocycles. The SMILES string of the molecule is CN(C)OC1=C2C(=O)c3c(O)cc(CN4CCCCC4)c(Cl)c3C[C@H]2C[C@H]2[C@H](N(C)C)C(=O)C(C(N)=O)=C(O)[C@@]12O. The molecule has 0 radical (unpaired) electrons. The van der Waals surface area contributed by atoms with Crippen LogP contribution in [0.15, 0.2) is 28.7 Å². The molecule has 1 saturated heterocycles. The number of Topliss-reactive ketones (excluding diaryl/α,β-unsaturated/α-hetero) is 2. The number of halogens is 1. The Balaban J connectivity index is 1.71. The molecule has 1 fully saturated rings. The van der Waals surface area contributed by atoms with Crippen LogP contribution in [0.25, 0.3) is 0 Å². The number of aromatic hydroxyl groups is 1. The average Bonchev–Trinajstić information content (AvgIpc) is 2.88. The van der Waals surface area contributed by atoms with Crippen molar-refractivity contribution in [2.24, 2.45) is 17.6 Å². The monoisotopic (exact) mass is 588 g/mol. The van der Waals surface area contributed by atoms with Crippen LogP contribution in [0.5, 0.6) is 5.75 Å². The molecule has 5 N–H and O–H groups in total. The van der Waals surface area contributed by atoms with Gasteiger partial charge in [-0.25, -0.2) is 0 Å². The second-order valence-corrected chi connectivity index (χ2v) is 12.3. The van der Waals surface area contributed by atoms with Gasteiger partial charge in [0.05, 0.1) is 11.6 Å². The predicted molar refractivity (Wildman–Crippen MR) is 150 cm³/mol. The topological polar surface area (TPSA) is 157 Å². The van der Waals surface area contributed by atoms with Crippen molar-refractivity contribution in [3.8, 4) is 5.75 Å². The number of likely N-dealkylation sites (tertiary alicyclic amines) is 1. The molecule has 0 spiro atoms. The van der Waals surface area contributed by atoms with E-state index in [1.165, 1.54) is 31.6 Å². The normalized spacial score (nSPS) is 28.6. The molecule has 1 aromatic carbocycles. The molecule has 0 bridgehead atoms. The number of phenols is 1. The first-order valence-corrected chi connectivity index (χ1v) is 14.2. The third-order valence-corrected chi connectivity index (χ3v) is 9.30. The van der Waals surface area contributed by atoms with Gasteiger partial charge in [0.1, 0.15) is 17.1 Å². The van der Waals surface area contributed by atoms with E-state index in [0.29, 0.717) is 17.1 Å². The van der Waals surface area contributed by atoms with Gasteiger partial charge in [-0.2, -0.15) is 5.06 Å². The Kier molecular flexibility index (Phi) is 7.71. The maximum absolute atomic E-state index is 14.2. The van der Waals surface area contributed by atoms with Crippen molar-refractivity contribution in [3.05, 3.63) is 50.4 Å². The van der Waals surface area contributed by atoms with Crippen molar-refractivity contribution >= 4 is 29.1 Å². The molecule has 4 aliphatic rings. The van der Waals surface area contributed by atoms with E-state index in [4.69, 9.17) is 22.2 Å². The highest BCUT2D eigenvalue weighted by Crippen LogP contribution is 2.55. The summed E-state index contributed by atoms with van der Waals surface area (Å²) in [5.74, 6) is -5.55. The largest absolute Gasteiger partial charge is 0.508 e. The first kappa shape index (κ1) is 29.5. The van der Waals surface area contributed by atoms with Crippen LogP contribution in [0.1, 0.15) is 47.2 Å². The number of fused-ring (bicyclic) bond motifs is 3. The Hall–Kier alpha value is -2.96. The zero-order valence-electron chi connectivity index (χ0n) is 23.7. The third kappa shape index (κ3) is 4.64. The second-order valence-electron chi connectivity index (χ2n) is 11.9. The molecule has 12 heteroatoms. The highest BCUT2D eigenvalue weighted by molar-refractivity contribution is 6.33. The number of phenolic OH excluding ortho intramolecular Hbond substituents is 1. The Morgan fingerprint density at radius 2 is 1.83 bits per heavy atom. The van der Waals surface area contributed by atoms with Crippen molar-refractivity contribution in [2.75, 3.05) is 41.3 Å². The summed E-state index contributed by atoms with van der Waals surface area (Å²) in [4.78, 5) is 49.7. The predicted octanol–water partition coefficient (Wildman–Crippen LogP) is 1.70. The maximum Gasteiger partial charge on any atom is 0.255 e. The zero-order valence-corrected chi connectivity index (χ0v) is 24.5. The first-order valence-electron chi connectivity index (χ1n) is 13.9. The fourth-order valence-corrected chi connectivity index (χ4v) is 7.38. The molecule has 1 amide bonds. The van der Waals surface area contributed by atoms with E-state index in [1.54, 1.807) is 19.0 Å². The molecule has 222 valence electrons. The zero-order chi connectivity index (χ0) is 30.0. The highest BCUT2D eigenvalue weighted by Gasteiger charge is 2.63. The summed E-state index contributed by atoms with van der Waals surface area (Å²) >= 11 is 6.92. The number of primary amides is 1. The summed E-state index contributed by atoms with van der Waals surface area (Å²) in [5, 5.41) is 36.3. The van der Waals surface area contributed by atoms with Crippen LogP contribution in [0, 0.1) is 11.8 Å². The van der Waals surface area contributed by atoms with Crippen LogP contribution in [-0.2, 0) is 27.4 Å². The first-order chi connectivity index (χ1) is 19.3. The number of nitrogens with zero attached hydrogens (tertiary/aromatic N) is 3. The summed E-state index contributed by atoms with van der Waals surface area (Å²) in [6.07, 6.45) is 3.69. The van der Waals surface area contributed by atoms with Gasteiger partial charge >= 0.3 is 0 Å². The van der Waals surface area contributed by atoms with E-state index >= 15 is 0 Å². The molecule has 11 nitrogen and oxygen atoms in total. The number of hydrogen-bond donors (Lipinski definition) is 4. The minimum absolute atomic E-state index is 0.0141. The minimum atomic E-state index is -2.41. The van der Waals surface area contributed by atoms with Crippen LogP contribution in [0.2, 0.25) is 5.02 Å². The van der Waals surface area contributed by atoms with E-state index in [9.17, 15) is 29.7 Å². The molecule has 1 aromatic rings. The number of amides is 1. The third-order valence-electron chi connectivity index (χ3n) is 8.83.